The average molecular weight is 462 g/mol. The van der Waals surface area contributed by atoms with Crippen LogP contribution in [0.3, 0.4) is 0 Å². The van der Waals surface area contributed by atoms with Gasteiger partial charge in [0.05, 0.1) is 19.9 Å². The smallest absolute Gasteiger partial charge is 0.247 e. The van der Waals surface area contributed by atoms with Crippen LogP contribution in [0.2, 0.25) is 0 Å². The first kappa shape index (κ1) is 25.4. The van der Waals surface area contributed by atoms with E-state index in [0.29, 0.717) is 17.9 Å². The zero-order valence-corrected chi connectivity index (χ0v) is 19.8. The van der Waals surface area contributed by atoms with Crippen molar-refractivity contribution in [2.75, 3.05) is 33.5 Å². The Morgan fingerprint density at radius 1 is 1.06 bits per heavy atom. The molecule has 0 aromatic heterocycles. The number of benzene rings is 2. The van der Waals surface area contributed by atoms with Gasteiger partial charge in [0, 0.05) is 20.1 Å². The van der Waals surface area contributed by atoms with E-state index in [1.807, 2.05) is 25.1 Å². The van der Waals surface area contributed by atoms with Crippen LogP contribution in [0.5, 0.6) is 5.75 Å². The van der Waals surface area contributed by atoms with Crippen LogP contribution in [0.4, 0.5) is 0 Å². The molecule has 1 unspecified atom stereocenters. The van der Waals surface area contributed by atoms with Crippen molar-refractivity contribution in [3.63, 3.8) is 0 Å². The summed E-state index contributed by atoms with van der Waals surface area (Å²) in [6, 6.07) is 15.3. The van der Waals surface area contributed by atoms with Crippen LogP contribution < -0.4 is 10.1 Å². The molecule has 2 aromatic rings. The highest BCUT2D eigenvalue weighted by atomic mass is 32.2. The summed E-state index contributed by atoms with van der Waals surface area (Å²) >= 11 is 0. The lowest BCUT2D eigenvalue weighted by Gasteiger charge is -2.32. The molecule has 2 aromatic carbocycles. The van der Waals surface area contributed by atoms with Gasteiger partial charge in [-0.2, -0.15) is 4.31 Å². The lowest BCUT2D eigenvalue weighted by atomic mass is 10.0. The Balaban J connectivity index is 2.47. The molecule has 0 bridgehead atoms. The molecule has 1 N–H and O–H groups in total. The Labute approximate surface area is 190 Å². The van der Waals surface area contributed by atoms with Crippen LogP contribution in [0.15, 0.2) is 54.6 Å². The van der Waals surface area contributed by atoms with Crippen LogP contribution in [0, 0.1) is 0 Å². The second kappa shape index (κ2) is 11.6. The van der Waals surface area contributed by atoms with Gasteiger partial charge in [-0.25, -0.2) is 8.42 Å². The molecule has 0 aliphatic rings. The van der Waals surface area contributed by atoms with Crippen LogP contribution in [-0.2, 0) is 26.2 Å². The molecule has 174 valence electrons. The van der Waals surface area contributed by atoms with Crippen molar-refractivity contribution < 1.29 is 22.7 Å². The van der Waals surface area contributed by atoms with Gasteiger partial charge < -0.3 is 15.0 Å². The van der Waals surface area contributed by atoms with Gasteiger partial charge in [-0.15, -0.1) is 0 Å². The molecule has 2 amide bonds. The molecule has 2 rings (SSSR count). The maximum Gasteiger partial charge on any atom is 0.247 e. The minimum absolute atomic E-state index is 0.125. The molecule has 0 heterocycles. The van der Waals surface area contributed by atoms with Gasteiger partial charge in [-0.05, 0) is 29.7 Å². The van der Waals surface area contributed by atoms with E-state index in [9.17, 15) is 18.0 Å². The van der Waals surface area contributed by atoms with E-state index in [0.717, 1.165) is 22.5 Å². The normalized spacial score (nSPS) is 12.3. The first-order valence-corrected chi connectivity index (χ1v) is 12.2. The molecule has 32 heavy (non-hydrogen) atoms. The summed E-state index contributed by atoms with van der Waals surface area (Å²) in [5, 5.41) is 2.87. The summed E-state index contributed by atoms with van der Waals surface area (Å²) in [5.74, 6) is -0.125. The van der Waals surface area contributed by atoms with E-state index in [-0.39, 0.29) is 19.0 Å². The van der Waals surface area contributed by atoms with E-state index in [2.05, 4.69) is 5.32 Å². The fourth-order valence-corrected chi connectivity index (χ4v) is 3.45. The number of methoxy groups -OCH3 is 1. The van der Waals surface area contributed by atoms with Gasteiger partial charge in [-0.3, -0.25) is 9.59 Å². The van der Waals surface area contributed by atoms with Crippen molar-refractivity contribution in [3.05, 3.63) is 65.7 Å². The molecule has 0 saturated heterocycles. The van der Waals surface area contributed by atoms with Crippen molar-refractivity contribution in [3.8, 4) is 5.75 Å². The van der Waals surface area contributed by atoms with E-state index < -0.39 is 22.0 Å². The zero-order chi connectivity index (χ0) is 23.7. The standard InChI is InChI=1S/C23H31N3O5S/c1-5-15-24-23(28)22(19-9-7-6-8-10-19)26(21(27)17-25(2)32(4,29)30)16-18-11-13-20(31-3)14-12-18/h6-14,22H,5,15-17H2,1-4H3,(H,24,28). The summed E-state index contributed by atoms with van der Waals surface area (Å²) < 4.78 is 30.0. The molecule has 0 aliphatic carbocycles. The second-order valence-electron chi connectivity index (χ2n) is 7.49. The molecule has 0 fully saturated rings. The number of nitrogens with zero attached hydrogens (tertiary/aromatic N) is 2. The summed E-state index contributed by atoms with van der Waals surface area (Å²) in [6.45, 7) is 2.16. The van der Waals surface area contributed by atoms with Gasteiger partial charge >= 0.3 is 0 Å². The fourth-order valence-electron chi connectivity index (χ4n) is 3.10. The van der Waals surface area contributed by atoms with Crippen LogP contribution in [0.1, 0.15) is 30.5 Å². The first-order valence-electron chi connectivity index (χ1n) is 10.3. The van der Waals surface area contributed by atoms with Crippen molar-refractivity contribution in [1.82, 2.24) is 14.5 Å². The second-order valence-corrected chi connectivity index (χ2v) is 9.58. The van der Waals surface area contributed by atoms with Crippen molar-refractivity contribution >= 4 is 21.8 Å². The molecule has 1 atom stereocenters. The van der Waals surface area contributed by atoms with Gasteiger partial charge in [-0.1, -0.05) is 49.4 Å². The summed E-state index contributed by atoms with van der Waals surface area (Å²) in [6.07, 6.45) is 1.78. The van der Waals surface area contributed by atoms with Crippen molar-refractivity contribution in [1.29, 1.82) is 0 Å². The number of ether oxygens (including phenoxy) is 1. The van der Waals surface area contributed by atoms with E-state index >= 15 is 0 Å². The number of sulfonamides is 1. The number of carbonyl (C=O) groups is 2. The van der Waals surface area contributed by atoms with Crippen LogP contribution in [0.25, 0.3) is 0 Å². The quantitative estimate of drug-likeness (QED) is 0.553. The number of likely N-dealkylation sites (N-methyl/N-ethyl adjacent to an activating group) is 1. The Bertz CT molecular complexity index is 994. The van der Waals surface area contributed by atoms with E-state index in [1.165, 1.54) is 11.9 Å². The van der Waals surface area contributed by atoms with Crippen LogP contribution >= 0.6 is 0 Å². The Hall–Kier alpha value is -2.91. The van der Waals surface area contributed by atoms with Gasteiger partial charge in [0.15, 0.2) is 0 Å². The largest absolute Gasteiger partial charge is 0.497 e. The SMILES string of the molecule is CCCNC(=O)C(c1ccccc1)N(Cc1ccc(OC)cc1)C(=O)CN(C)S(C)(=O)=O. The predicted molar refractivity (Wildman–Crippen MR) is 124 cm³/mol. The van der Waals surface area contributed by atoms with Crippen LogP contribution in [-0.4, -0.2) is 62.9 Å². The number of hydrogen-bond acceptors (Lipinski definition) is 5. The molecule has 0 radical (unpaired) electrons. The molecule has 8 nitrogen and oxygen atoms in total. The Morgan fingerprint density at radius 3 is 2.22 bits per heavy atom. The number of hydrogen-bond donors (Lipinski definition) is 1. The fraction of sp³-hybridized carbons (Fsp3) is 0.391. The molecular formula is C23H31N3O5S. The highest BCUT2D eigenvalue weighted by molar-refractivity contribution is 7.88. The molecule has 0 saturated carbocycles. The number of amides is 2. The van der Waals surface area contributed by atoms with E-state index in [4.69, 9.17) is 4.74 Å². The summed E-state index contributed by atoms with van der Waals surface area (Å²) in [7, 11) is -0.664. The number of carbonyl (C=O) groups excluding carboxylic acids is 2. The summed E-state index contributed by atoms with van der Waals surface area (Å²) in [4.78, 5) is 27.9. The third-order valence-corrected chi connectivity index (χ3v) is 6.24. The third-order valence-electron chi connectivity index (χ3n) is 4.98. The predicted octanol–water partition coefficient (Wildman–Crippen LogP) is 2.18. The molecule has 0 spiro atoms. The maximum absolute atomic E-state index is 13.3. The maximum atomic E-state index is 13.3. The highest BCUT2D eigenvalue weighted by Crippen LogP contribution is 2.25. The monoisotopic (exact) mass is 461 g/mol. The van der Waals surface area contributed by atoms with Gasteiger partial charge in [0.1, 0.15) is 11.8 Å². The third kappa shape index (κ3) is 7.06. The molecule has 0 aliphatic heterocycles. The minimum atomic E-state index is -3.57. The minimum Gasteiger partial charge on any atom is -0.497 e. The number of nitrogens with one attached hydrogen (secondary N) is 1. The Morgan fingerprint density at radius 2 is 1.69 bits per heavy atom. The number of rotatable bonds is 11. The zero-order valence-electron chi connectivity index (χ0n) is 18.9. The van der Waals surface area contributed by atoms with Gasteiger partial charge in [0.2, 0.25) is 21.8 Å². The van der Waals surface area contributed by atoms with Gasteiger partial charge in [0.25, 0.3) is 0 Å². The molecule has 9 heteroatoms. The lowest BCUT2D eigenvalue weighted by molar-refractivity contribution is -0.141. The highest BCUT2D eigenvalue weighted by Gasteiger charge is 2.32. The summed E-state index contributed by atoms with van der Waals surface area (Å²) in [5.41, 5.74) is 1.43. The average Bonchev–Trinajstić information content (AvgIpc) is 2.77. The first-order chi connectivity index (χ1) is 15.2. The topological polar surface area (TPSA) is 96.0 Å². The van der Waals surface area contributed by atoms with Crippen molar-refractivity contribution in [2.24, 2.45) is 0 Å². The van der Waals surface area contributed by atoms with E-state index in [1.54, 1.807) is 43.5 Å². The molecular weight excluding hydrogens is 430 g/mol. The Kier molecular flexibility index (Phi) is 9.22. The van der Waals surface area contributed by atoms with Crippen molar-refractivity contribution in [2.45, 2.75) is 25.9 Å². The lowest BCUT2D eigenvalue weighted by Crippen LogP contribution is -2.47.